The quantitative estimate of drug-likeness (QED) is 0.842. The highest BCUT2D eigenvalue weighted by atomic mass is 79.9. The van der Waals surface area contributed by atoms with Crippen molar-refractivity contribution in [2.45, 2.75) is 58.1 Å². The Morgan fingerprint density at radius 2 is 2.33 bits per heavy atom. The van der Waals surface area contributed by atoms with Crippen LogP contribution in [0.3, 0.4) is 0 Å². The van der Waals surface area contributed by atoms with Gasteiger partial charge in [-0.3, -0.25) is 4.68 Å². The molecule has 1 N–H and O–H groups in total. The van der Waals surface area contributed by atoms with Crippen LogP contribution in [-0.4, -0.2) is 28.6 Å². The fourth-order valence-corrected chi connectivity index (χ4v) is 4.29. The summed E-state index contributed by atoms with van der Waals surface area (Å²) in [5.74, 6) is 1.28. The number of hydrogen-bond acceptors (Lipinski definition) is 3. The molecule has 0 spiro atoms. The van der Waals surface area contributed by atoms with Crippen molar-refractivity contribution in [1.82, 2.24) is 9.78 Å². The standard InChI is InChI=1S/C16H27BrN2O2/c1-12(2)9-13-5-4-6-16(20,10-13)15-14(17)11-18-19(15)7-8-21-3/h11-13,20H,4-10H2,1-3H3. The zero-order valence-electron chi connectivity index (χ0n) is 13.3. The van der Waals surface area contributed by atoms with Gasteiger partial charge in [0.2, 0.25) is 0 Å². The summed E-state index contributed by atoms with van der Waals surface area (Å²) >= 11 is 3.57. The van der Waals surface area contributed by atoms with Gasteiger partial charge >= 0.3 is 0 Å². The zero-order chi connectivity index (χ0) is 15.5. The molecule has 1 aliphatic carbocycles. The Morgan fingerprint density at radius 3 is 3.00 bits per heavy atom. The number of aromatic nitrogens is 2. The van der Waals surface area contributed by atoms with Gasteiger partial charge in [0.15, 0.2) is 0 Å². The van der Waals surface area contributed by atoms with Crippen molar-refractivity contribution in [1.29, 1.82) is 0 Å². The highest BCUT2D eigenvalue weighted by molar-refractivity contribution is 9.10. The van der Waals surface area contributed by atoms with Gasteiger partial charge in [-0.05, 0) is 53.4 Å². The summed E-state index contributed by atoms with van der Waals surface area (Å²) in [7, 11) is 1.69. The Kier molecular flexibility index (Phi) is 5.86. The molecular formula is C16H27BrN2O2. The Hall–Kier alpha value is -0.390. The van der Waals surface area contributed by atoms with Crippen molar-refractivity contribution in [2.24, 2.45) is 11.8 Å². The van der Waals surface area contributed by atoms with Crippen LogP contribution in [0, 0.1) is 11.8 Å². The molecule has 0 radical (unpaired) electrons. The second-order valence-corrected chi connectivity index (χ2v) is 7.53. The third-order valence-electron chi connectivity index (χ3n) is 4.38. The molecule has 0 aliphatic heterocycles. The first kappa shape index (κ1) is 17.0. The molecule has 2 atom stereocenters. The van der Waals surface area contributed by atoms with Gasteiger partial charge in [0, 0.05) is 7.11 Å². The number of aliphatic hydroxyl groups is 1. The molecule has 0 amide bonds. The minimum absolute atomic E-state index is 0.599. The molecule has 1 fully saturated rings. The summed E-state index contributed by atoms with van der Waals surface area (Å²) in [6, 6.07) is 0. The molecule has 2 unspecified atom stereocenters. The summed E-state index contributed by atoms with van der Waals surface area (Å²) in [5, 5.41) is 15.6. The molecule has 0 bridgehead atoms. The molecule has 21 heavy (non-hydrogen) atoms. The maximum Gasteiger partial charge on any atom is 0.108 e. The SMILES string of the molecule is COCCn1ncc(Br)c1C1(O)CCCC(CC(C)C)C1. The summed E-state index contributed by atoms with van der Waals surface area (Å²) < 4.78 is 7.95. The van der Waals surface area contributed by atoms with Crippen molar-refractivity contribution < 1.29 is 9.84 Å². The van der Waals surface area contributed by atoms with Gasteiger partial charge < -0.3 is 9.84 Å². The van der Waals surface area contributed by atoms with Gasteiger partial charge in [0.05, 0.1) is 29.5 Å². The van der Waals surface area contributed by atoms with E-state index in [1.807, 2.05) is 4.68 Å². The van der Waals surface area contributed by atoms with E-state index >= 15 is 0 Å². The van der Waals surface area contributed by atoms with Gasteiger partial charge in [0.25, 0.3) is 0 Å². The molecule has 1 heterocycles. The second kappa shape index (κ2) is 7.25. The average molecular weight is 359 g/mol. The summed E-state index contributed by atoms with van der Waals surface area (Å²) in [6.07, 6.45) is 6.93. The first-order valence-corrected chi connectivity index (χ1v) is 8.68. The van der Waals surface area contributed by atoms with Crippen molar-refractivity contribution in [2.75, 3.05) is 13.7 Å². The highest BCUT2D eigenvalue weighted by Gasteiger charge is 2.40. The van der Waals surface area contributed by atoms with E-state index in [0.29, 0.717) is 25.0 Å². The number of nitrogens with zero attached hydrogens (tertiary/aromatic N) is 2. The van der Waals surface area contributed by atoms with Crippen molar-refractivity contribution in [3.05, 3.63) is 16.4 Å². The molecule has 0 saturated heterocycles. The van der Waals surface area contributed by atoms with Crippen molar-refractivity contribution in [3.63, 3.8) is 0 Å². The molecule has 1 aromatic rings. The molecule has 2 rings (SSSR count). The lowest BCUT2D eigenvalue weighted by Gasteiger charge is -2.38. The minimum atomic E-state index is -0.763. The number of hydrogen-bond donors (Lipinski definition) is 1. The molecule has 1 saturated carbocycles. The monoisotopic (exact) mass is 358 g/mol. The number of methoxy groups -OCH3 is 1. The van der Waals surface area contributed by atoms with Crippen LogP contribution in [0.25, 0.3) is 0 Å². The summed E-state index contributed by atoms with van der Waals surface area (Å²) in [6.45, 7) is 5.79. The maximum atomic E-state index is 11.2. The Bertz CT molecular complexity index is 461. The summed E-state index contributed by atoms with van der Waals surface area (Å²) in [5.41, 5.74) is 0.161. The van der Waals surface area contributed by atoms with Gasteiger partial charge in [-0.15, -0.1) is 0 Å². The lowest BCUT2D eigenvalue weighted by molar-refractivity contribution is -0.0329. The van der Waals surface area contributed by atoms with Gasteiger partial charge in [-0.25, -0.2) is 0 Å². The third kappa shape index (κ3) is 4.08. The minimum Gasteiger partial charge on any atom is -0.384 e. The maximum absolute atomic E-state index is 11.2. The van der Waals surface area contributed by atoms with E-state index in [1.54, 1.807) is 13.3 Å². The average Bonchev–Trinajstić information content (AvgIpc) is 2.77. The number of ether oxygens (including phenoxy) is 1. The van der Waals surface area contributed by atoms with E-state index in [-0.39, 0.29) is 0 Å². The van der Waals surface area contributed by atoms with Crippen LogP contribution in [0.1, 0.15) is 51.6 Å². The van der Waals surface area contributed by atoms with Crippen LogP contribution in [0.4, 0.5) is 0 Å². The van der Waals surface area contributed by atoms with Crippen LogP contribution >= 0.6 is 15.9 Å². The van der Waals surface area contributed by atoms with Gasteiger partial charge in [0.1, 0.15) is 5.60 Å². The first-order valence-electron chi connectivity index (χ1n) is 7.89. The number of halogens is 1. The van der Waals surface area contributed by atoms with E-state index < -0.39 is 5.60 Å². The van der Waals surface area contributed by atoms with Crippen molar-refractivity contribution in [3.8, 4) is 0 Å². The second-order valence-electron chi connectivity index (χ2n) is 6.68. The largest absolute Gasteiger partial charge is 0.384 e. The van der Waals surface area contributed by atoms with Gasteiger partial charge in [-0.1, -0.05) is 20.3 Å². The van der Waals surface area contributed by atoms with Crippen LogP contribution in [0.15, 0.2) is 10.7 Å². The molecule has 4 nitrogen and oxygen atoms in total. The fourth-order valence-electron chi connectivity index (χ4n) is 3.62. The summed E-state index contributed by atoms with van der Waals surface area (Å²) in [4.78, 5) is 0. The lowest BCUT2D eigenvalue weighted by Crippen LogP contribution is -2.36. The molecule has 1 aromatic heterocycles. The zero-order valence-corrected chi connectivity index (χ0v) is 14.9. The Labute approximate surface area is 136 Å². The third-order valence-corrected chi connectivity index (χ3v) is 4.96. The Balaban J connectivity index is 2.20. The van der Waals surface area contributed by atoms with E-state index in [9.17, 15) is 5.11 Å². The normalized spacial score (nSPS) is 26.5. The predicted octanol–water partition coefficient (Wildman–Crippen LogP) is 3.72. The van der Waals surface area contributed by atoms with Crippen LogP contribution in [0.2, 0.25) is 0 Å². The molecule has 0 aromatic carbocycles. The molecule has 5 heteroatoms. The van der Waals surface area contributed by atoms with E-state index in [1.165, 1.54) is 12.8 Å². The van der Waals surface area contributed by atoms with E-state index in [4.69, 9.17) is 4.74 Å². The van der Waals surface area contributed by atoms with Crippen LogP contribution in [-0.2, 0) is 16.9 Å². The van der Waals surface area contributed by atoms with E-state index in [2.05, 4.69) is 34.9 Å². The topological polar surface area (TPSA) is 47.3 Å². The highest BCUT2D eigenvalue weighted by Crippen LogP contribution is 2.44. The lowest BCUT2D eigenvalue weighted by atomic mass is 9.73. The predicted molar refractivity (Wildman–Crippen MR) is 87.1 cm³/mol. The van der Waals surface area contributed by atoms with Crippen LogP contribution < -0.4 is 0 Å². The Morgan fingerprint density at radius 1 is 1.57 bits per heavy atom. The van der Waals surface area contributed by atoms with E-state index in [0.717, 1.165) is 29.4 Å². The molecule has 1 aliphatic rings. The molecular weight excluding hydrogens is 332 g/mol. The smallest absolute Gasteiger partial charge is 0.108 e. The fraction of sp³-hybridized carbons (Fsp3) is 0.812. The van der Waals surface area contributed by atoms with Crippen molar-refractivity contribution >= 4 is 15.9 Å². The van der Waals surface area contributed by atoms with Gasteiger partial charge in [-0.2, -0.15) is 5.10 Å². The first-order chi connectivity index (χ1) is 9.96. The van der Waals surface area contributed by atoms with Crippen LogP contribution in [0.5, 0.6) is 0 Å². The number of rotatable bonds is 6. The molecule has 120 valence electrons.